The molecule has 142 valence electrons. The summed E-state index contributed by atoms with van der Waals surface area (Å²) in [6.45, 7) is 2.44. The molecule has 3 heterocycles. The van der Waals surface area contributed by atoms with Gasteiger partial charge in [-0.05, 0) is 36.8 Å². The Bertz CT molecular complexity index is 1020. The molecule has 28 heavy (non-hydrogen) atoms. The molecule has 0 spiro atoms. The molecule has 0 atom stereocenters. The Labute approximate surface area is 171 Å². The van der Waals surface area contributed by atoms with Crippen molar-refractivity contribution in [1.82, 2.24) is 20.2 Å². The molecule has 0 aliphatic rings. The van der Waals surface area contributed by atoms with Gasteiger partial charge in [-0.25, -0.2) is 4.98 Å². The van der Waals surface area contributed by atoms with E-state index in [2.05, 4.69) is 20.2 Å². The van der Waals surface area contributed by atoms with Crippen LogP contribution in [0.25, 0.3) is 0 Å². The molecule has 0 bridgehead atoms. The number of nitrogens with zero attached hydrogens (tertiary/aromatic N) is 4. The highest BCUT2D eigenvalue weighted by molar-refractivity contribution is 7.98. The first-order valence-corrected chi connectivity index (χ1v) is 10.6. The molecule has 0 N–H and O–H groups in total. The zero-order valence-corrected chi connectivity index (χ0v) is 16.9. The van der Waals surface area contributed by atoms with E-state index in [1.165, 1.54) is 11.8 Å². The summed E-state index contributed by atoms with van der Waals surface area (Å²) in [7, 11) is 0. The average molecular weight is 411 g/mol. The van der Waals surface area contributed by atoms with Gasteiger partial charge in [0.2, 0.25) is 5.89 Å². The van der Waals surface area contributed by atoms with Crippen LogP contribution in [0.3, 0.4) is 0 Å². The number of thiazole rings is 1. The minimum absolute atomic E-state index is 0.457. The van der Waals surface area contributed by atoms with Crippen LogP contribution in [-0.4, -0.2) is 20.2 Å². The molecule has 4 rings (SSSR count). The topological polar surface area (TPSA) is 73.9 Å². The normalized spacial score (nSPS) is 10.9. The van der Waals surface area contributed by atoms with E-state index in [0.29, 0.717) is 24.1 Å². The molecular weight excluding hydrogens is 392 g/mol. The first kappa shape index (κ1) is 18.6. The van der Waals surface area contributed by atoms with Crippen molar-refractivity contribution in [3.8, 4) is 5.75 Å². The van der Waals surface area contributed by atoms with E-state index >= 15 is 0 Å². The summed E-state index contributed by atoms with van der Waals surface area (Å²) in [4.78, 5) is 8.67. The molecule has 0 radical (unpaired) electrons. The second kappa shape index (κ2) is 8.99. The number of aromatic nitrogens is 4. The predicted octanol–water partition coefficient (Wildman–Crippen LogP) is 4.69. The maximum absolute atomic E-state index is 5.76. The summed E-state index contributed by atoms with van der Waals surface area (Å²) in [5, 5.41) is 11.8. The van der Waals surface area contributed by atoms with E-state index in [0.717, 1.165) is 33.5 Å². The number of ether oxygens (including phenoxy) is 1. The van der Waals surface area contributed by atoms with Gasteiger partial charge in [0.15, 0.2) is 0 Å². The molecule has 4 aromatic rings. The lowest BCUT2D eigenvalue weighted by Crippen LogP contribution is -1.97. The van der Waals surface area contributed by atoms with Crippen molar-refractivity contribution in [2.24, 2.45) is 0 Å². The fourth-order valence-corrected chi connectivity index (χ4v) is 3.83. The Morgan fingerprint density at radius 1 is 1.07 bits per heavy atom. The van der Waals surface area contributed by atoms with Crippen molar-refractivity contribution in [3.63, 3.8) is 0 Å². The van der Waals surface area contributed by atoms with Gasteiger partial charge >= 0.3 is 0 Å². The maximum atomic E-state index is 5.76. The molecule has 0 saturated heterocycles. The number of hydrogen-bond donors (Lipinski definition) is 0. The zero-order chi connectivity index (χ0) is 19.2. The summed E-state index contributed by atoms with van der Waals surface area (Å²) in [5.74, 6) is 2.15. The van der Waals surface area contributed by atoms with E-state index in [1.54, 1.807) is 17.5 Å². The highest BCUT2D eigenvalue weighted by Crippen LogP contribution is 2.24. The standard InChI is InChI=1S/C20H18N4O2S2/c1-14-22-17(13-27-14)10-19-23-24-20(26-19)28-12-15-5-7-18(8-6-15)25-11-16-4-2-3-9-21-16/h2-9,13H,10-12H2,1H3. The SMILES string of the molecule is Cc1nc(Cc2nnc(SCc3ccc(OCc4ccccn4)cc3)o2)cs1. The van der Waals surface area contributed by atoms with Crippen molar-refractivity contribution in [1.29, 1.82) is 0 Å². The van der Waals surface area contributed by atoms with Crippen molar-refractivity contribution in [2.45, 2.75) is 30.9 Å². The van der Waals surface area contributed by atoms with Crippen molar-refractivity contribution >= 4 is 23.1 Å². The second-order valence-electron chi connectivity index (χ2n) is 6.04. The summed E-state index contributed by atoms with van der Waals surface area (Å²) in [6.07, 6.45) is 2.33. The number of hydrogen-bond acceptors (Lipinski definition) is 8. The number of pyridine rings is 1. The molecule has 1 aromatic carbocycles. The second-order valence-corrected chi connectivity index (χ2v) is 8.03. The zero-order valence-electron chi connectivity index (χ0n) is 15.2. The number of aryl methyl sites for hydroxylation is 1. The van der Waals surface area contributed by atoms with Gasteiger partial charge in [-0.15, -0.1) is 21.5 Å². The van der Waals surface area contributed by atoms with Gasteiger partial charge in [0.05, 0.1) is 22.8 Å². The van der Waals surface area contributed by atoms with Gasteiger partial charge in [-0.3, -0.25) is 4.98 Å². The van der Waals surface area contributed by atoms with Crippen molar-refractivity contribution in [2.75, 3.05) is 0 Å². The largest absolute Gasteiger partial charge is 0.487 e. The number of benzene rings is 1. The molecule has 0 fully saturated rings. The van der Waals surface area contributed by atoms with E-state index < -0.39 is 0 Å². The van der Waals surface area contributed by atoms with Crippen LogP contribution in [0.4, 0.5) is 0 Å². The average Bonchev–Trinajstić information content (AvgIpc) is 3.35. The van der Waals surface area contributed by atoms with Crippen LogP contribution in [0.1, 0.15) is 27.8 Å². The Morgan fingerprint density at radius 3 is 2.71 bits per heavy atom. The van der Waals surface area contributed by atoms with Gasteiger partial charge in [-0.1, -0.05) is 30.0 Å². The van der Waals surface area contributed by atoms with Gasteiger partial charge in [0.1, 0.15) is 12.4 Å². The Morgan fingerprint density at radius 2 is 1.96 bits per heavy atom. The van der Waals surface area contributed by atoms with Crippen LogP contribution in [0.15, 0.2) is 63.7 Å². The van der Waals surface area contributed by atoms with Crippen LogP contribution < -0.4 is 4.74 Å². The van der Waals surface area contributed by atoms with Crippen molar-refractivity contribution < 1.29 is 9.15 Å². The van der Waals surface area contributed by atoms with E-state index in [9.17, 15) is 0 Å². The summed E-state index contributed by atoms with van der Waals surface area (Å²) >= 11 is 3.14. The van der Waals surface area contributed by atoms with Crippen molar-refractivity contribution in [3.05, 3.63) is 81.9 Å². The minimum Gasteiger partial charge on any atom is -0.487 e. The Kier molecular flexibility index (Phi) is 5.98. The molecule has 0 aliphatic heterocycles. The molecule has 0 saturated carbocycles. The molecule has 0 aliphatic carbocycles. The van der Waals surface area contributed by atoms with Gasteiger partial charge in [0, 0.05) is 17.3 Å². The third-order valence-electron chi connectivity index (χ3n) is 3.85. The molecule has 0 amide bonds. The maximum Gasteiger partial charge on any atom is 0.276 e. The molecular formula is C20H18N4O2S2. The molecule has 3 aromatic heterocycles. The summed E-state index contributed by atoms with van der Waals surface area (Å²) in [6, 6.07) is 13.8. The molecule has 6 nitrogen and oxygen atoms in total. The quantitative estimate of drug-likeness (QED) is 0.390. The number of thioether (sulfide) groups is 1. The Balaban J connectivity index is 1.27. The lowest BCUT2D eigenvalue weighted by molar-refractivity contribution is 0.301. The van der Waals surface area contributed by atoms with Crippen LogP contribution in [-0.2, 0) is 18.8 Å². The van der Waals surface area contributed by atoms with Crippen LogP contribution >= 0.6 is 23.1 Å². The fraction of sp³-hybridized carbons (Fsp3) is 0.200. The Hall–Kier alpha value is -2.71. The smallest absolute Gasteiger partial charge is 0.276 e. The predicted molar refractivity (Wildman–Crippen MR) is 109 cm³/mol. The van der Waals surface area contributed by atoms with Crippen LogP contribution in [0, 0.1) is 6.92 Å². The third-order valence-corrected chi connectivity index (χ3v) is 5.56. The molecule has 0 unspecified atom stereocenters. The van der Waals surface area contributed by atoms with E-state index in [4.69, 9.17) is 9.15 Å². The van der Waals surface area contributed by atoms with Gasteiger partial charge in [0.25, 0.3) is 5.22 Å². The lowest BCUT2D eigenvalue weighted by atomic mass is 10.2. The fourth-order valence-electron chi connectivity index (χ4n) is 2.48. The highest BCUT2D eigenvalue weighted by Gasteiger charge is 2.10. The lowest BCUT2D eigenvalue weighted by Gasteiger charge is -2.06. The highest BCUT2D eigenvalue weighted by atomic mass is 32.2. The van der Waals surface area contributed by atoms with Gasteiger partial charge in [-0.2, -0.15) is 0 Å². The summed E-state index contributed by atoms with van der Waals surface area (Å²) in [5.41, 5.74) is 3.02. The summed E-state index contributed by atoms with van der Waals surface area (Å²) < 4.78 is 11.5. The van der Waals surface area contributed by atoms with Gasteiger partial charge < -0.3 is 9.15 Å². The minimum atomic E-state index is 0.457. The number of rotatable bonds is 8. The monoisotopic (exact) mass is 410 g/mol. The first-order valence-electron chi connectivity index (χ1n) is 8.72. The van der Waals surface area contributed by atoms with Crippen LogP contribution in [0.2, 0.25) is 0 Å². The van der Waals surface area contributed by atoms with E-state index in [1.807, 2.05) is 54.8 Å². The third kappa shape index (κ3) is 5.17. The first-order chi connectivity index (χ1) is 13.7. The van der Waals surface area contributed by atoms with Crippen LogP contribution in [0.5, 0.6) is 5.75 Å². The molecule has 8 heteroatoms. The van der Waals surface area contributed by atoms with E-state index in [-0.39, 0.29) is 0 Å².